The van der Waals surface area contributed by atoms with Gasteiger partial charge in [0.05, 0.1) is 6.04 Å². The van der Waals surface area contributed by atoms with Gasteiger partial charge < -0.3 is 15.1 Å². The van der Waals surface area contributed by atoms with Crippen LogP contribution in [0.5, 0.6) is 0 Å². The molecule has 0 aliphatic carbocycles. The average molecular weight is 265 g/mol. The number of hydrogen-bond acceptors (Lipinski definition) is 4. The first kappa shape index (κ1) is 14.6. The number of furan rings is 1. The maximum absolute atomic E-state index is 5.78. The molecule has 1 aromatic rings. The Morgan fingerprint density at radius 2 is 2.05 bits per heavy atom. The van der Waals surface area contributed by atoms with Crippen LogP contribution in [0.15, 0.2) is 16.5 Å². The topological polar surface area (TPSA) is 40.4 Å². The first-order valence-electron chi connectivity index (χ1n) is 7.22. The Balaban J connectivity index is 2.03. The molecule has 2 rings (SSSR count). The van der Waals surface area contributed by atoms with Gasteiger partial charge in [-0.3, -0.25) is 4.90 Å². The first-order valence-corrected chi connectivity index (χ1v) is 7.22. The van der Waals surface area contributed by atoms with Gasteiger partial charge in [0.15, 0.2) is 0 Å². The van der Waals surface area contributed by atoms with Crippen LogP contribution in [-0.2, 0) is 0 Å². The summed E-state index contributed by atoms with van der Waals surface area (Å²) in [6, 6.07) is 4.40. The molecule has 2 heterocycles. The number of rotatable bonds is 5. The van der Waals surface area contributed by atoms with E-state index in [0.29, 0.717) is 0 Å². The van der Waals surface area contributed by atoms with Crippen LogP contribution in [0.3, 0.4) is 0 Å². The van der Waals surface area contributed by atoms with Crippen molar-refractivity contribution in [1.82, 2.24) is 15.5 Å². The molecule has 19 heavy (non-hydrogen) atoms. The highest BCUT2D eigenvalue weighted by Crippen LogP contribution is 2.29. The summed E-state index contributed by atoms with van der Waals surface area (Å²) in [4.78, 5) is 2.57. The van der Waals surface area contributed by atoms with E-state index in [1.54, 1.807) is 0 Å². The van der Waals surface area contributed by atoms with Crippen LogP contribution in [0, 0.1) is 6.92 Å². The van der Waals surface area contributed by atoms with Crippen molar-refractivity contribution in [3.63, 3.8) is 0 Å². The molecular weight excluding hydrogens is 238 g/mol. The molecule has 1 atom stereocenters. The summed E-state index contributed by atoms with van der Waals surface area (Å²) in [7, 11) is 2.01. The molecule has 4 nitrogen and oxygen atoms in total. The van der Waals surface area contributed by atoms with Crippen molar-refractivity contribution < 1.29 is 4.42 Å². The standard InChI is InChI=1S/C15H27N3O/c1-12-5-6-14(19-12)13(16-4)11-15(2,3)18-9-7-17-8-10-18/h5-6,13,16-17H,7-11H2,1-4H3. The molecular formula is C15H27N3O. The van der Waals surface area contributed by atoms with Gasteiger partial charge in [-0.15, -0.1) is 0 Å². The Morgan fingerprint density at radius 1 is 1.37 bits per heavy atom. The number of piperazine rings is 1. The van der Waals surface area contributed by atoms with Crippen LogP contribution >= 0.6 is 0 Å². The summed E-state index contributed by atoms with van der Waals surface area (Å²) in [5.74, 6) is 2.03. The first-order chi connectivity index (χ1) is 9.03. The molecule has 0 radical (unpaired) electrons. The minimum Gasteiger partial charge on any atom is -0.465 e. The fourth-order valence-corrected chi connectivity index (χ4v) is 2.88. The molecule has 1 saturated heterocycles. The molecule has 0 aromatic carbocycles. The molecule has 0 amide bonds. The number of nitrogens with one attached hydrogen (secondary N) is 2. The van der Waals surface area contributed by atoms with Gasteiger partial charge in [0, 0.05) is 31.7 Å². The quantitative estimate of drug-likeness (QED) is 0.853. The van der Waals surface area contributed by atoms with Crippen LogP contribution in [0.1, 0.15) is 37.8 Å². The molecule has 1 aromatic heterocycles. The van der Waals surface area contributed by atoms with Gasteiger partial charge >= 0.3 is 0 Å². The van der Waals surface area contributed by atoms with Crippen molar-refractivity contribution in [3.05, 3.63) is 23.7 Å². The van der Waals surface area contributed by atoms with Gasteiger partial charge in [-0.1, -0.05) is 0 Å². The Morgan fingerprint density at radius 3 is 2.58 bits per heavy atom. The minimum absolute atomic E-state index is 0.177. The third kappa shape index (κ3) is 3.59. The molecule has 4 heteroatoms. The molecule has 108 valence electrons. The third-order valence-corrected chi connectivity index (χ3v) is 4.13. The van der Waals surface area contributed by atoms with Gasteiger partial charge in [-0.25, -0.2) is 0 Å². The Labute approximate surface area is 116 Å². The molecule has 0 bridgehead atoms. The highest BCUT2D eigenvalue weighted by atomic mass is 16.3. The third-order valence-electron chi connectivity index (χ3n) is 4.13. The highest BCUT2D eigenvalue weighted by molar-refractivity contribution is 5.11. The van der Waals surface area contributed by atoms with Gasteiger partial charge in [-0.05, 0) is 46.4 Å². The van der Waals surface area contributed by atoms with Crippen molar-refractivity contribution in [2.45, 2.75) is 38.8 Å². The number of hydrogen-bond donors (Lipinski definition) is 2. The van der Waals surface area contributed by atoms with Crippen molar-refractivity contribution in [3.8, 4) is 0 Å². The molecule has 2 N–H and O–H groups in total. The fraction of sp³-hybridized carbons (Fsp3) is 0.733. The molecule has 1 aliphatic rings. The average Bonchev–Trinajstić information content (AvgIpc) is 2.84. The monoisotopic (exact) mass is 265 g/mol. The highest BCUT2D eigenvalue weighted by Gasteiger charge is 2.31. The van der Waals surface area contributed by atoms with E-state index < -0.39 is 0 Å². The summed E-state index contributed by atoms with van der Waals surface area (Å²) in [5.41, 5.74) is 0.177. The molecule has 0 spiro atoms. The maximum Gasteiger partial charge on any atom is 0.121 e. The number of aryl methyl sites for hydroxylation is 1. The predicted molar refractivity (Wildman–Crippen MR) is 78.4 cm³/mol. The van der Waals surface area contributed by atoms with E-state index in [9.17, 15) is 0 Å². The summed E-state index contributed by atoms with van der Waals surface area (Å²) in [6.07, 6.45) is 1.05. The van der Waals surface area contributed by atoms with Gasteiger partial charge in [0.1, 0.15) is 11.5 Å². The summed E-state index contributed by atoms with van der Waals surface area (Å²) in [5, 5.41) is 6.80. The van der Waals surface area contributed by atoms with E-state index in [4.69, 9.17) is 4.42 Å². The van der Waals surface area contributed by atoms with Gasteiger partial charge in [-0.2, -0.15) is 0 Å². The summed E-state index contributed by atoms with van der Waals surface area (Å²) < 4.78 is 5.78. The van der Waals surface area contributed by atoms with Crippen molar-refractivity contribution in [2.24, 2.45) is 0 Å². The van der Waals surface area contributed by atoms with Crippen LogP contribution < -0.4 is 10.6 Å². The van der Waals surface area contributed by atoms with E-state index in [-0.39, 0.29) is 11.6 Å². The summed E-state index contributed by atoms with van der Waals surface area (Å²) in [6.45, 7) is 11.1. The zero-order chi connectivity index (χ0) is 13.9. The largest absolute Gasteiger partial charge is 0.465 e. The van der Waals surface area contributed by atoms with Crippen LogP contribution in [0.25, 0.3) is 0 Å². The second-order valence-corrected chi connectivity index (χ2v) is 6.04. The van der Waals surface area contributed by atoms with Gasteiger partial charge in [0.2, 0.25) is 0 Å². The second kappa shape index (κ2) is 6.07. The maximum atomic E-state index is 5.78. The van der Waals surface area contributed by atoms with E-state index in [1.165, 1.54) is 0 Å². The lowest BCUT2D eigenvalue weighted by Gasteiger charge is -2.42. The SMILES string of the molecule is CNC(CC(C)(C)N1CCNCC1)c1ccc(C)o1. The zero-order valence-electron chi connectivity index (χ0n) is 12.6. The lowest BCUT2D eigenvalue weighted by Crippen LogP contribution is -2.54. The van der Waals surface area contributed by atoms with Crippen molar-refractivity contribution in [1.29, 1.82) is 0 Å². The van der Waals surface area contributed by atoms with E-state index in [1.807, 2.05) is 20.0 Å². The minimum atomic E-state index is 0.177. The van der Waals surface area contributed by atoms with Crippen molar-refractivity contribution >= 4 is 0 Å². The Bertz CT molecular complexity index is 394. The molecule has 1 aliphatic heterocycles. The lowest BCUT2D eigenvalue weighted by molar-refractivity contribution is 0.0835. The van der Waals surface area contributed by atoms with E-state index >= 15 is 0 Å². The van der Waals surface area contributed by atoms with Crippen LogP contribution in [-0.4, -0.2) is 43.7 Å². The lowest BCUT2D eigenvalue weighted by atomic mass is 9.91. The molecule has 0 saturated carbocycles. The molecule has 1 unspecified atom stereocenters. The normalized spacial score (nSPS) is 19.6. The Hall–Kier alpha value is -0.840. The van der Waals surface area contributed by atoms with E-state index in [0.717, 1.165) is 44.1 Å². The summed E-state index contributed by atoms with van der Waals surface area (Å²) >= 11 is 0. The number of nitrogens with zero attached hydrogens (tertiary/aromatic N) is 1. The fourth-order valence-electron chi connectivity index (χ4n) is 2.88. The Kier molecular flexibility index (Phi) is 4.66. The zero-order valence-corrected chi connectivity index (χ0v) is 12.6. The van der Waals surface area contributed by atoms with Gasteiger partial charge in [0.25, 0.3) is 0 Å². The predicted octanol–water partition coefficient (Wildman–Crippen LogP) is 1.92. The molecule has 1 fully saturated rings. The van der Waals surface area contributed by atoms with Crippen molar-refractivity contribution in [2.75, 3.05) is 33.2 Å². The van der Waals surface area contributed by atoms with Crippen LogP contribution in [0.2, 0.25) is 0 Å². The second-order valence-electron chi connectivity index (χ2n) is 6.04. The van der Waals surface area contributed by atoms with E-state index in [2.05, 4.69) is 35.4 Å². The van der Waals surface area contributed by atoms with Crippen LogP contribution in [0.4, 0.5) is 0 Å². The smallest absolute Gasteiger partial charge is 0.121 e.